The highest BCUT2D eigenvalue weighted by molar-refractivity contribution is 5.94. The normalized spacial score (nSPS) is 11.2. The number of nitrogens with zero attached hydrogens (tertiary/aromatic N) is 3. The Hall–Kier alpha value is -3.99. The number of fused-ring (bicyclic) bond motifs is 2. The van der Waals surface area contributed by atoms with Crippen LogP contribution in [0.1, 0.15) is 16.7 Å². The lowest BCUT2D eigenvalue weighted by molar-refractivity contribution is 0.768. The first kappa shape index (κ1) is 19.9. The molecule has 2 aromatic heterocycles. The number of aryl methyl sites for hydroxylation is 3. The van der Waals surface area contributed by atoms with Crippen LogP contribution in [0.4, 0.5) is 5.69 Å². The summed E-state index contributed by atoms with van der Waals surface area (Å²) in [5, 5.41) is 9.88. The molecule has 0 spiro atoms. The predicted octanol–water partition coefficient (Wildman–Crippen LogP) is 5.38. The van der Waals surface area contributed by atoms with Gasteiger partial charge in [-0.05, 0) is 54.6 Å². The van der Waals surface area contributed by atoms with E-state index in [1.165, 1.54) is 16.7 Å². The summed E-state index contributed by atoms with van der Waals surface area (Å²) in [6.07, 6.45) is 5.49. The average Bonchev–Trinajstić information content (AvgIpc) is 3.17. The molecule has 158 valence electrons. The van der Waals surface area contributed by atoms with Crippen LogP contribution in [-0.4, -0.2) is 14.8 Å². The van der Waals surface area contributed by atoms with Crippen molar-refractivity contribution in [2.75, 3.05) is 5.32 Å². The molecule has 0 atom stereocenters. The van der Waals surface area contributed by atoms with Gasteiger partial charge in [0, 0.05) is 53.6 Å². The van der Waals surface area contributed by atoms with E-state index in [9.17, 15) is 4.79 Å². The Bertz CT molecular complexity index is 1530. The molecule has 5 nitrogen and oxygen atoms in total. The first-order valence-corrected chi connectivity index (χ1v) is 10.6. The zero-order valence-corrected chi connectivity index (χ0v) is 18.4. The van der Waals surface area contributed by atoms with E-state index in [2.05, 4.69) is 47.4 Å². The smallest absolute Gasteiger partial charge is 0.195 e. The maximum absolute atomic E-state index is 13.5. The molecule has 0 saturated carbocycles. The lowest BCUT2D eigenvalue weighted by Crippen LogP contribution is -2.03. The van der Waals surface area contributed by atoms with E-state index in [1.54, 1.807) is 17.1 Å². The summed E-state index contributed by atoms with van der Waals surface area (Å²) in [7, 11) is 1.87. The number of pyridine rings is 1. The minimum Gasteiger partial charge on any atom is -0.381 e. The van der Waals surface area contributed by atoms with Gasteiger partial charge in [-0.2, -0.15) is 5.10 Å². The lowest BCUT2D eigenvalue weighted by Gasteiger charge is -2.10. The lowest BCUT2D eigenvalue weighted by atomic mass is 10.1. The van der Waals surface area contributed by atoms with E-state index in [-0.39, 0.29) is 5.43 Å². The Labute approximate surface area is 186 Å². The van der Waals surface area contributed by atoms with Gasteiger partial charge in [-0.3, -0.25) is 14.5 Å². The molecule has 0 fully saturated rings. The standard InChI is InChI=1S/C27H24N4O/c1-17-4-5-20(18(2)10-17)13-28-23-8-6-19-7-9-26-25(27(32)24(19)12-23)11-21(14-29-26)22-15-30-31(3)16-22/h4-12,14-16,28H,13H2,1-3H3. The van der Waals surface area contributed by atoms with Crippen LogP contribution in [0.15, 0.2) is 78.0 Å². The van der Waals surface area contributed by atoms with Crippen LogP contribution in [0.2, 0.25) is 0 Å². The van der Waals surface area contributed by atoms with Gasteiger partial charge in [0.15, 0.2) is 5.43 Å². The van der Waals surface area contributed by atoms with Gasteiger partial charge >= 0.3 is 0 Å². The first-order valence-electron chi connectivity index (χ1n) is 10.6. The third-order valence-electron chi connectivity index (χ3n) is 5.90. The van der Waals surface area contributed by atoms with E-state index in [1.807, 2.05) is 49.6 Å². The number of anilines is 1. The number of aromatic nitrogens is 3. The molecule has 0 unspecified atom stereocenters. The fourth-order valence-corrected chi connectivity index (χ4v) is 4.08. The van der Waals surface area contributed by atoms with E-state index in [0.717, 1.165) is 22.2 Å². The van der Waals surface area contributed by atoms with Crippen molar-refractivity contribution >= 4 is 27.4 Å². The maximum atomic E-state index is 13.5. The molecule has 5 rings (SSSR count). The molecular formula is C27H24N4O. The summed E-state index contributed by atoms with van der Waals surface area (Å²) in [4.78, 5) is 18.1. The van der Waals surface area contributed by atoms with Crippen molar-refractivity contribution < 1.29 is 0 Å². The number of hydrogen-bond donors (Lipinski definition) is 1. The van der Waals surface area contributed by atoms with Crippen molar-refractivity contribution in [3.8, 4) is 11.1 Å². The van der Waals surface area contributed by atoms with E-state index < -0.39 is 0 Å². The molecule has 0 amide bonds. The quantitative estimate of drug-likeness (QED) is 0.424. The minimum absolute atomic E-state index is 0.0200. The highest BCUT2D eigenvalue weighted by atomic mass is 16.1. The van der Waals surface area contributed by atoms with Crippen molar-refractivity contribution in [2.24, 2.45) is 7.05 Å². The Morgan fingerprint density at radius 2 is 1.75 bits per heavy atom. The van der Waals surface area contributed by atoms with Crippen molar-refractivity contribution in [3.63, 3.8) is 0 Å². The fourth-order valence-electron chi connectivity index (χ4n) is 4.08. The van der Waals surface area contributed by atoms with Crippen LogP contribution in [0.3, 0.4) is 0 Å². The van der Waals surface area contributed by atoms with Gasteiger partial charge < -0.3 is 5.32 Å². The summed E-state index contributed by atoms with van der Waals surface area (Å²) >= 11 is 0. The highest BCUT2D eigenvalue weighted by Gasteiger charge is 2.08. The Balaban J connectivity index is 1.57. The molecular weight excluding hydrogens is 396 g/mol. The van der Waals surface area contributed by atoms with Crippen LogP contribution in [0.5, 0.6) is 0 Å². The van der Waals surface area contributed by atoms with Crippen LogP contribution in [-0.2, 0) is 13.6 Å². The van der Waals surface area contributed by atoms with Gasteiger partial charge in [0.25, 0.3) is 0 Å². The second kappa shape index (κ2) is 7.93. The van der Waals surface area contributed by atoms with E-state index in [0.29, 0.717) is 22.8 Å². The van der Waals surface area contributed by atoms with Crippen molar-refractivity contribution in [3.05, 3.63) is 100 Å². The summed E-state index contributed by atoms with van der Waals surface area (Å²) in [6.45, 7) is 4.93. The SMILES string of the molecule is Cc1ccc(CNc2ccc3ccc4ncc(-c5cnn(C)c5)cc4c(=O)c3c2)c(C)c1. The second-order valence-electron chi connectivity index (χ2n) is 8.31. The molecule has 5 aromatic rings. The molecule has 0 radical (unpaired) electrons. The third kappa shape index (κ3) is 3.73. The molecule has 1 N–H and O–H groups in total. The summed E-state index contributed by atoms with van der Waals surface area (Å²) in [5.41, 5.74) is 7.16. The van der Waals surface area contributed by atoms with Gasteiger partial charge in [0.2, 0.25) is 0 Å². The van der Waals surface area contributed by atoms with Crippen LogP contribution in [0, 0.1) is 13.8 Å². The molecule has 0 aliphatic rings. The van der Waals surface area contributed by atoms with E-state index in [4.69, 9.17) is 0 Å². The topological polar surface area (TPSA) is 59.8 Å². The summed E-state index contributed by atoms with van der Waals surface area (Å²) in [6, 6.07) is 18.2. The summed E-state index contributed by atoms with van der Waals surface area (Å²) < 4.78 is 1.74. The Morgan fingerprint density at radius 1 is 0.906 bits per heavy atom. The average molecular weight is 421 g/mol. The van der Waals surface area contributed by atoms with Gasteiger partial charge in [-0.15, -0.1) is 0 Å². The molecule has 32 heavy (non-hydrogen) atoms. The van der Waals surface area contributed by atoms with Crippen LogP contribution >= 0.6 is 0 Å². The molecule has 2 heterocycles. The first-order chi connectivity index (χ1) is 15.5. The summed E-state index contributed by atoms with van der Waals surface area (Å²) in [5.74, 6) is 0. The minimum atomic E-state index is -0.0200. The predicted molar refractivity (Wildman–Crippen MR) is 131 cm³/mol. The maximum Gasteiger partial charge on any atom is 0.195 e. The van der Waals surface area contributed by atoms with Gasteiger partial charge in [-0.25, -0.2) is 0 Å². The van der Waals surface area contributed by atoms with E-state index >= 15 is 0 Å². The van der Waals surface area contributed by atoms with Crippen molar-refractivity contribution in [1.82, 2.24) is 14.8 Å². The van der Waals surface area contributed by atoms with Gasteiger partial charge in [0.05, 0.1) is 11.7 Å². The number of benzene rings is 2. The zero-order valence-electron chi connectivity index (χ0n) is 18.4. The fraction of sp³-hybridized carbons (Fsp3) is 0.148. The van der Waals surface area contributed by atoms with Gasteiger partial charge in [-0.1, -0.05) is 35.9 Å². The molecule has 0 bridgehead atoms. The number of nitrogens with one attached hydrogen (secondary N) is 1. The third-order valence-corrected chi connectivity index (χ3v) is 5.90. The van der Waals surface area contributed by atoms with Crippen LogP contribution in [0.25, 0.3) is 32.8 Å². The molecule has 0 aliphatic carbocycles. The Kier molecular flexibility index (Phi) is 4.94. The largest absolute Gasteiger partial charge is 0.381 e. The zero-order chi connectivity index (χ0) is 22.2. The van der Waals surface area contributed by atoms with Crippen LogP contribution < -0.4 is 10.7 Å². The van der Waals surface area contributed by atoms with Crippen molar-refractivity contribution in [2.45, 2.75) is 20.4 Å². The van der Waals surface area contributed by atoms with Crippen molar-refractivity contribution in [1.29, 1.82) is 0 Å². The monoisotopic (exact) mass is 420 g/mol. The molecule has 5 heteroatoms. The Morgan fingerprint density at radius 3 is 2.53 bits per heavy atom. The second-order valence-corrected chi connectivity index (χ2v) is 8.31. The van der Waals surface area contributed by atoms with Gasteiger partial charge in [0.1, 0.15) is 0 Å². The molecule has 0 aliphatic heterocycles. The molecule has 0 saturated heterocycles. The number of rotatable bonds is 4. The molecule has 3 aromatic carbocycles. The highest BCUT2D eigenvalue weighted by Crippen LogP contribution is 2.23. The number of hydrogen-bond acceptors (Lipinski definition) is 4.